The van der Waals surface area contributed by atoms with Crippen LogP contribution in [0.15, 0.2) is 30.3 Å². The molecule has 1 aliphatic heterocycles. The van der Waals surface area contributed by atoms with E-state index < -0.39 is 0 Å². The lowest BCUT2D eigenvalue weighted by molar-refractivity contribution is -0.122. The van der Waals surface area contributed by atoms with Crippen LogP contribution in [0.25, 0.3) is 11.3 Å². The predicted octanol–water partition coefficient (Wildman–Crippen LogP) is 1.62. The van der Waals surface area contributed by atoms with Crippen LogP contribution in [0.3, 0.4) is 0 Å². The molecule has 0 saturated carbocycles. The Morgan fingerprint density at radius 2 is 1.96 bits per heavy atom. The standard InChI is InChI=1S/C18H24N4O/c1-3-19-17(23)13-22-11-9-15-16(10-12-22)21(2)20-18(15)14-7-5-4-6-8-14/h4-8H,3,9-13H2,1-2H3,(H,19,23). The molecule has 1 N–H and O–H groups in total. The van der Waals surface area contributed by atoms with Gasteiger partial charge in [-0.1, -0.05) is 30.3 Å². The number of carbonyl (C=O) groups excluding carboxylic acids is 1. The Labute approximate surface area is 137 Å². The van der Waals surface area contributed by atoms with Gasteiger partial charge in [0.1, 0.15) is 0 Å². The minimum Gasteiger partial charge on any atom is -0.355 e. The lowest BCUT2D eigenvalue weighted by Crippen LogP contribution is -2.38. The van der Waals surface area contributed by atoms with Gasteiger partial charge in [-0.25, -0.2) is 0 Å². The number of aryl methyl sites for hydroxylation is 1. The van der Waals surface area contributed by atoms with Crippen LogP contribution in [0.1, 0.15) is 18.2 Å². The summed E-state index contributed by atoms with van der Waals surface area (Å²) in [5.41, 5.74) is 4.88. The maximum atomic E-state index is 11.8. The number of carbonyl (C=O) groups is 1. The van der Waals surface area contributed by atoms with Crippen molar-refractivity contribution in [3.63, 3.8) is 0 Å². The molecule has 0 atom stereocenters. The monoisotopic (exact) mass is 312 g/mol. The Hall–Kier alpha value is -2.14. The van der Waals surface area contributed by atoms with Gasteiger partial charge in [-0.05, 0) is 13.3 Å². The van der Waals surface area contributed by atoms with Gasteiger partial charge in [0.15, 0.2) is 0 Å². The van der Waals surface area contributed by atoms with Crippen LogP contribution < -0.4 is 5.32 Å². The van der Waals surface area contributed by atoms with Crippen molar-refractivity contribution in [1.82, 2.24) is 20.0 Å². The van der Waals surface area contributed by atoms with Crippen molar-refractivity contribution in [2.45, 2.75) is 19.8 Å². The van der Waals surface area contributed by atoms with Crippen molar-refractivity contribution in [3.8, 4) is 11.3 Å². The van der Waals surface area contributed by atoms with Crippen molar-refractivity contribution >= 4 is 5.91 Å². The van der Waals surface area contributed by atoms with Gasteiger partial charge in [-0.2, -0.15) is 5.10 Å². The first-order valence-electron chi connectivity index (χ1n) is 8.28. The Morgan fingerprint density at radius 3 is 2.70 bits per heavy atom. The predicted molar refractivity (Wildman–Crippen MR) is 91.2 cm³/mol. The number of nitrogens with zero attached hydrogens (tertiary/aromatic N) is 3. The van der Waals surface area contributed by atoms with Crippen LogP contribution in [-0.2, 0) is 24.7 Å². The molecule has 5 heteroatoms. The number of amides is 1. The maximum Gasteiger partial charge on any atom is 0.234 e. The summed E-state index contributed by atoms with van der Waals surface area (Å²) in [5, 5.41) is 7.62. The third-order valence-electron chi connectivity index (χ3n) is 4.41. The number of hydrogen-bond acceptors (Lipinski definition) is 3. The Balaban J connectivity index is 1.79. The molecule has 1 amide bonds. The summed E-state index contributed by atoms with van der Waals surface area (Å²) in [6, 6.07) is 10.3. The van der Waals surface area contributed by atoms with Crippen LogP contribution >= 0.6 is 0 Å². The minimum atomic E-state index is 0.111. The number of rotatable bonds is 4. The molecule has 0 radical (unpaired) electrons. The number of aromatic nitrogens is 2. The molecular weight excluding hydrogens is 288 g/mol. The van der Waals surface area contributed by atoms with Gasteiger partial charge in [0.25, 0.3) is 0 Å². The summed E-state index contributed by atoms with van der Waals surface area (Å²) in [7, 11) is 2.02. The molecule has 1 aromatic heterocycles. The Morgan fingerprint density at radius 1 is 1.22 bits per heavy atom. The highest BCUT2D eigenvalue weighted by Crippen LogP contribution is 2.27. The molecule has 2 heterocycles. The van der Waals surface area contributed by atoms with E-state index in [2.05, 4.69) is 34.5 Å². The number of nitrogens with one attached hydrogen (secondary N) is 1. The Kier molecular flexibility index (Phi) is 4.76. The number of fused-ring (bicyclic) bond motifs is 1. The third kappa shape index (κ3) is 3.45. The molecule has 1 aliphatic rings. The first kappa shape index (κ1) is 15.7. The zero-order valence-electron chi connectivity index (χ0n) is 13.9. The van der Waals surface area contributed by atoms with E-state index in [1.807, 2.05) is 24.7 Å². The first-order valence-corrected chi connectivity index (χ1v) is 8.28. The van der Waals surface area contributed by atoms with Gasteiger partial charge in [0.05, 0.1) is 12.2 Å². The SMILES string of the molecule is CCNC(=O)CN1CCc2c(-c3ccccc3)nn(C)c2CC1. The molecular formula is C18H24N4O. The van der Waals surface area contributed by atoms with Crippen molar-refractivity contribution in [2.24, 2.45) is 7.05 Å². The number of likely N-dealkylation sites (N-methyl/N-ethyl adjacent to an activating group) is 1. The van der Waals surface area contributed by atoms with Gasteiger partial charge in [0, 0.05) is 49.9 Å². The summed E-state index contributed by atoms with van der Waals surface area (Å²) in [4.78, 5) is 14.1. The molecule has 5 nitrogen and oxygen atoms in total. The lowest BCUT2D eigenvalue weighted by atomic mass is 10.0. The summed E-state index contributed by atoms with van der Waals surface area (Å²) in [5.74, 6) is 0.111. The number of benzene rings is 1. The van der Waals surface area contributed by atoms with Gasteiger partial charge in [-0.15, -0.1) is 0 Å². The topological polar surface area (TPSA) is 50.2 Å². The van der Waals surface area contributed by atoms with E-state index in [0.717, 1.165) is 31.6 Å². The van der Waals surface area contributed by atoms with E-state index >= 15 is 0 Å². The second kappa shape index (κ2) is 6.96. The van der Waals surface area contributed by atoms with Crippen LogP contribution in [0.5, 0.6) is 0 Å². The summed E-state index contributed by atoms with van der Waals surface area (Å²) in [6.45, 7) is 4.92. The Bertz CT molecular complexity index is 678. The molecule has 3 rings (SSSR count). The van der Waals surface area contributed by atoms with E-state index in [-0.39, 0.29) is 5.91 Å². The molecule has 0 bridgehead atoms. The second-order valence-electron chi connectivity index (χ2n) is 5.99. The molecule has 0 saturated heterocycles. The number of hydrogen-bond donors (Lipinski definition) is 1. The van der Waals surface area contributed by atoms with Crippen molar-refractivity contribution in [3.05, 3.63) is 41.6 Å². The summed E-state index contributed by atoms with van der Waals surface area (Å²) in [6.07, 6.45) is 1.87. The highest BCUT2D eigenvalue weighted by molar-refractivity contribution is 5.78. The molecule has 0 unspecified atom stereocenters. The van der Waals surface area contributed by atoms with Gasteiger partial charge in [-0.3, -0.25) is 14.4 Å². The fourth-order valence-corrected chi connectivity index (χ4v) is 3.27. The molecule has 2 aromatic rings. The smallest absolute Gasteiger partial charge is 0.234 e. The highest BCUT2D eigenvalue weighted by atomic mass is 16.2. The molecule has 0 spiro atoms. The second-order valence-corrected chi connectivity index (χ2v) is 5.99. The highest BCUT2D eigenvalue weighted by Gasteiger charge is 2.22. The quantitative estimate of drug-likeness (QED) is 0.933. The fourth-order valence-electron chi connectivity index (χ4n) is 3.27. The van der Waals surface area contributed by atoms with Crippen LogP contribution in [0.4, 0.5) is 0 Å². The summed E-state index contributed by atoms with van der Waals surface area (Å²) < 4.78 is 2.01. The first-order chi connectivity index (χ1) is 11.2. The zero-order valence-corrected chi connectivity index (χ0v) is 13.9. The lowest BCUT2D eigenvalue weighted by Gasteiger charge is -2.19. The van der Waals surface area contributed by atoms with Crippen molar-refractivity contribution in [1.29, 1.82) is 0 Å². The van der Waals surface area contributed by atoms with E-state index in [1.165, 1.54) is 16.8 Å². The average Bonchev–Trinajstić information content (AvgIpc) is 2.73. The van der Waals surface area contributed by atoms with Crippen molar-refractivity contribution in [2.75, 3.05) is 26.2 Å². The van der Waals surface area contributed by atoms with Crippen LogP contribution in [0.2, 0.25) is 0 Å². The van der Waals surface area contributed by atoms with E-state index in [4.69, 9.17) is 5.10 Å². The van der Waals surface area contributed by atoms with Gasteiger partial charge in [0.2, 0.25) is 5.91 Å². The molecule has 0 aliphatic carbocycles. The fraction of sp³-hybridized carbons (Fsp3) is 0.444. The van der Waals surface area contributed by atoms with Crippen LogP contribution in [0, 0.1) is 0 Å². The van der Waals surface area contributed by atoms with Crippen molar-refractivity contribution < 1.29 is 4.79 Å². The third-order valence-corrected chi connectivity index (χ3v) is 4.41. The molecule has 0 fully saturated rings. The average molecular weight is 312 g/mol. The summed E-state index contributed by atoms with van der Waals surface area (Å²) >= 11 is 0. The maximum absolute atomic E-state index is 11.8. The zero-order chi connectivity index (χ0) is 16.2. The molecule has 23 heavy (non-hydrogen) atoms. The largest absolute Gasteiger partial charge is 0.355 e. The minimum absolute atomic E-state index is 0.111. The van der Waals surface area contributed by atoms with E-state index in [1.54, 1.807) is 0 Å². The molecule has 1 aromatic carbocycles. The van der Waals surface area contributed by atoms with Gasteiger partial charge >= 0.3 is 0 Å². The van der Waals surface area contributed by atoms with Crippen LogP contribution in [-0.4, -0.2) is 46.8 Å². The molecule has 122 valence electrons. The van der Waals surface area contributed by atoms with E-state index in [9.17, 15) is 4.79 Å². The normalized spacial score (nSPS) is 15.0. The van der Waals surface area contributed by atoms with Gasteiger partial charge < -0.3 is 5.32 Å². The van der Waals surface area contributed by atoms with E-state index in [0.29, 0.717) is 13.1 Å².